The van der Waals surface area contributed by atoms with Crippen LogP contribution in [0.4, 0.5) is 0 Å². The number of aliphatic hydroxyl groups is 1. The van der Waals surface area contributed by atoms with Gasteiger partial charge in [-0.15, -0.1) is 0 Å². The zero-order valence-corrected chi connectivity index (χ0v) is 18.3. The average Bonchev–Trinajstić information content (AvgIpc) is 3.01. The van der Waals surface area contributed by atoms with Crippen molar-refractivity contribution in [2.45, 2.75) is 6.04 Å². The van der Waals surface area contributed by atoms with Gasteiger partial charge >= 0.3 is 0 Å². The molecule has 1 amide bonds. The lowest BCUT2D eigenvalue weighted by Crippen LogP contribution is -2.35. The van der Waals surface area contributed by atoms with Crippen LogP contribution in [-0.4, -0.2) is 60.4 Å². The van der Waals surface area contributed by atoms with Crippen LogP contribution in [0, 0.1) is 0 Å². The highest BCUT2D eigenvalue weighted by molar-refractivity contribution is 6.46. The highest BCUT2D eigenvalue weighted by atomic mass is 35.5. The number of ether oxygens (including phenoxy) is 1. The third-order valence-electron chi connectivity index (χ3n) is 4.99. The van der Waals surface area contributed by atoms with Crippen molar-refractivity contribution in [3.8, 4) is 5.75 Å². The van der Waals surface area contributed by atoms with E-state index in [-0.39, 0.29) is 11.3 Å². The third kappa shape index (κ3) is 4.98. The molecule has 0 radical (unpaired) electrons. The molecular weight excluding hydrogens is 416 g/mol. The fourth-order valence-corrected chi connectivity index (χ4v) is 3.58. The molecule has 1 aliphatic heterocycles. The fraction of sp³-hybridized carbons (Fsp3) is 0.250. The molecule has 1 saturated heterocycles. The van der Waals surface area contributed by atoms with Crippen LogP contribution in [0.25, 0.3) is 5.76 Å². The number of amides is 1. The number of Topliss-reactive ketones (excluding diaryl/α,β-unsaturated/α-hetero) is 1. The molecule has 3 rings (SSSR count). The summed E-state index contributed by atoms with van der Waals surface area (Å²) >= 11 is 5.95. The summed E-state index contributed by atoms with van der Waals surface area (Å²) in [4.78, 5) is 29.3. The Balaban J connectivity index is 2.12. The van der Waals surface area contributed by atoms with Crippen LogP contribution >= 0.6 is 11.6 Å². The molecular formula is C24H25ClN2O4. The highest BCUT2D eigenvalue weighted by Gasteiger charge is 2.46. The lowest BCUT2D eigenvalue weighted by Gasteiger charge is -2.26. The van der Waals surface area contributed by atoms with E-state index in [1.165, 1.54) is 4.90 Å². The number of carbonyl (C=O) groups excluding carboxylic acids is 2. The number of ketones is 1. The van der Waals surface area contributed by atoms with Crippen molar-refractivity contribution in [1.82, 2.24) is 9.80 Å². The van der Waals surface area contributed by atoms with E-state index in [1.807, 2.05) is 25.1 Å². The molecule has 7 heteroatoms. The number of hydrogen-bond donors (Lipinski definition) is 1. The summed E-state index contributed by atoms with van der Waals surface area (Å²) in [7, 11) is 3.78. The summed E-state index contributed by atoms with van der Waals surface area (Å²) in [5, 5.41) is 11.5. The van der Waals surface area contributed by atoms with Crippen molar-refractivity contribution >= 4 is 29.1 Å². The van der Waals surface area contributed by atoms with Crippen LogP contribution in [0.2, 0.25) is 5.02 Å². The first kappa shape index (κ1) is 22.6. The highest BCUT2D eigenvalue weighted by Crippen LogP contribution is 2.40. The van der Waals surface area contributed by atoms with Crippen LogP contribution < -0.4 is 4.74 Å². The molecule has 0 spiro atoms. The van der Waals surface area contributed by atoms with E-state index < -0.39 is 17.7 Å². The molecule has 0 aliphatic carbocycles. The molecule has 0 unspecified atom stereocenters. The maximum Gasteiger partial charge on any atom is 0.295 e. The second-order valence-corrected chi connectivity index (χ2v) is 7.91. The number of carbonyl (C=O) groups is 2. The fourth-order valence-electron chi connectivity index (χ4n) is 3.46. The Morgan fingerprint density at radius 2 is 1.94 bits per heavy atom. The summed E-state index contributed by atoms with van der Waals surface area (Å²) < 4.78 is 5.63. The van der Waals surface area contributed by atoms with Crippen molar-refractivity contribution < 1.29 is 19.4 Å². The maximum absolute atomic E-state index is 13.0. The van der Waals surface area contributed by atoms with Crippen molar-refractivity contribution in [2.75, 3.05) is 33.8 Å². The largest absolute Gasteiger partial charge is 0.507 e. The van der Waals surface area contributed by atoms with Crippen molar-refractivity contribution in [1.29, 1.82) is 0 Å². The Hall–Kier alpha value is -3.09. The van der Waals surface area contributed by atoms with Gasteiger partial charge in [-0.2, -0.15) is 0 Å². The summed E-state index contributed by atoms with van der Waals surface area (Å²) in [6.45, 7) is 4.87. The van der Waals surface area contributed by atoms with E-state index in [0.717, 1.165) is 0 Å². The number of aliphatic hydroxyl groups excluding tert-OH is 1. The minimum atomic E-state index is -0.733. The van der Waals surface area contributed by atoms with E-state index >= 15 is 0 Å². The minimum Gasteiger partial charge on any atom is -0.507 e. The quantitative estimate of drug-likeness (QED) is 0.292. The SMILES string of the molecule is C=CCOc1cccc([C@H]2C(=C(O)c3ccc(Cl)cc3)C(=O)C(=O)N2CCN(C)C)c1. The second-order valence-electron chi connectivity index (χ2n) is 7.47. The van der Waals surface area contributed by atoms with Gasteiger partial charge in [-0.3, -0.25) is 9.59 Å². The lowest BCUT2D eigenvalue weighted by molar-refractivity contribution is -0.140. The van der Waals surface area contributed by atoms with E-state index in [2.05, 4.69) is 6.58 Å². The van der Waals surface area contributed by atoms with Crippen LogP contribution in [0.5, 0.6) is 5.75 Å². The number of nitrogens with zero attached hydrogens (tertiary/aromatic N) is 2. The van der Waals surface area contributed by atoms with E-state index in [0.29, 0.717) is 41.6 Å². The Labute approximate surface area is 187 Å². The Bertz CT molecular complexity index is 1010. The van der Waals surface area contributed by atoms with Crippen molar-refractivity contribution in [3.63, 3.8) is 0 Å². The molecule has 1 aliphatic rings. The molecule has 0 bridgehead atoms. The Morgan fingerprint density at radius 1 is 1.23 bits per heavy atom. The number of likely N-dealkylation sites (N-methyl/N-ethyl adjacent to an activating group) is 1. The maximum atomic E-state index is 13.0. The number of benzene rings is 2. The summed E-state index contributed by atoms with van der Waals surface area (Å²) in [5.74, 6) is -1.000. The molecule has 31 heavy (non-hydrogen) atoms. The van der Waals surface area contributed by atoms with Crippen LogP contribution in [0.1, 0.15) is 17.2 Å². The van der Waals surface area contributed by atoms with Gasteiger partial charge in [0.2, 0.25) is 0 Å². The van der Waals surface area contributed by atoms with Gasteiger partial charge in [0.1, 0.15) is 18.1 Å². The summed E-state index contributed by atoms with van der Waals surface area (Å²) in [6, 6.07) is 12.9. The molecule has 6 nitrogen and oxygen atoms in total. The molecule has 1 N–H and O–H groups in total. The van der Waals surface area contributed by atoms with Crippen LogP contribution in [-0.2, 0) is 9.59 Å². The number of rotatable bonds is 8. The lowest BCUT2D eigenvalue weighted by atomic mass is 9.95. The molecule has 1 fully saturated rings. The van der Waals surface area contributed by atoms with Crippen molar-refractivity contribution in [2.24, 2.45) is 0 Å². The van der Waals surface area contributed by atoms with Gasteiger partial charge in [-0.25, -0.2) is 0 Å². The first-order valence-corrected chi connectivity index (χ1v) is 10.2. The average molecular weight is 441 g/mol. The third-order valence-corrected chi connectivity index (χ3v) is 5.24. The van der Waals surface area contributed by atoms with Gasteiger partial charge in [-0.05, 0) is 56.1 Å². The second kappa shape index (κ2) is 9.81. The van der Waals surface area contributed by atoms with E-state index in [1.54, 1.807) is 48.5 Å². The topological polar surface area (TPSA) is 70.1 Å². The van der Waals surface area contributed by atoms with Gasteiger partial charge in [0.05, 0.1) is 11.6 Å². The van der Waals surface area contributed by atoms with E-state index in [9.17, 15) is 14.7 Å². The summed E-state index contributed by atoms with van der Waals surface area (Å²) in [6.07, 6.45) is 1.64. The first-order chi connectivity index (χ1) is 14.8. The van der Waals surface area contributed by atoms with Gasteiger partial charge < -0.3 is 19.6 Å². The standard InChI is InChI=1S/C24H25ClN2O4/c1-4-14-31-19-7-5-6-17(15-19)21-20(22(28)16-8-10-18(25)11-9-16)23(29)24(30)27(21)13-12-26(2)3/h4-11,15,21,28H,1,12-14H2,2-3H3/t21-/m0/s1. The monoisotopic (exact) mass is 440 g/mol. The Kier molecular flexibility index (Phi) is 7.15. The molecule has 0 aromatic heterocycles. The molecule has 1 heterocycles. The molecule has 0 saturated carbocycles. The van der Waals surface area contributed by atoms with Gasteiger partial charge in [-0.1, -0.05) is 36.4 Å². The van der Waals surface area contributed by atoms with Crippen molar-refractivity contribution in [3.05, 3.63) is 82.9 Å². The Morgan fingerprint density at radius 3 is 2.58 bits per heavy atom. The predicted molar refractivity (Wildman–Crippen MR) is 121 cm³/mol. The van der Waals surface area contributed by atoms with Gasteiger partial charge in [0.15, 0.2) is 0 Å². The molecule has 2 aromatic carbocycles. The first-order valence-electron chi connectivity index (χ1n) is 9.86. The molecule has 1 atom stereocenters. The predicted octanol–water partition coefficient (Wildman–Crippen LogP) is 3.89. The summed E-state index contributed by atoms with van der Waals surface area (Å²) in [5.41, 5.74) is 1.14. The number of likely N-dealkylation sites (tertiary alicyclic amines) is 1. The van der Waals surface area contributed by atoms with E-state index in [4.69, 9.17) is 16.3 Å². The number of hydrogen-bond acceptors (Lipinski definition) is 5. The minimum absolute atomic E-state index is 0.0481. The van der Waals surface area contributed by atoms with Gasteiger partial charge in [0.25, 0.3) is 11.7 Å². The molecule has 2 aromatic rings. The molecule has 162 valence electrons. The zero-order chi connectivity index (χ0) is 22.5. The van der Waals surface area contributed by atoms with Crippen LogP contribution in [0.15, 0.2) is 66.8 Å². The van der Waals surface area contributed by atoms with Crippen LogP contribution in [0.3, 0.4) is 0 Å². The zero-order valence-electron chi connectivity index (χ0n) is 17.5. The number of halogens is 1. The normalized spacial score (nSPS) is 17.9. The smallest absolute Gasteiger partial charge is 0.295 e. The van der Waals surface area contributed by atoms with Gasteiger partial charge in [0, 0.05) is 23.7 Å².